The van der Waals surface area contributed by atoms with Crippen molar-refractivity contribution >= 4 is 40.2 Å². The molecule has 8 nitrogen and oxygen atoms in total. The molecule has 25 heavy (non-hydrogen) atoms. The van der Waals surface area contributed by atoms with Crippen molar-refractivity contribution in [2.45, 2.75) is 4.43 Å². The normalized spacial score (nSPS) is 10.5. The third kappa shape index (κ3) is 3.60. The second-order valence-electron chi connectivity index (χ2n) is 5.02. The molecule has 9 heteroatoms. The third-order valence-corrected chi connectivity index (χ3v) is 4.31. The third-order valence-electron chi connectivity index (χ3n) is 3.49. The number of rotatable bonds is 6. The van der Waals surface area contributed by atoms with Gasteiger partial charge in [0.05, 0.1) is 19.9 Å². The van der Waals surface area contributed by atoms with Gasteiger partial charge in [0.1, 0.15) is 11.5 Å². The minimum atomic E-state index is 0.232. The Kier molecular flexibility index (Phi) is 5.22. The quantitative estimate of drug-likeness (QED) is 0.438. The predicted molar refractivity (Wildman–Crippen MR) is 104 cm³/mol. The van der Waals surface area contributed by atoms with Crippen molar-refractivity contribution in [1.82, 2.24) is 19.7 Å². The van der Waals surface area contributed by atoms with Crippen LogP contribution in [0.3, 0.4) is 0 Å². The molecule has 0 spiro atoms. The molecule has 0 unspecified atom stereocenters. The smallest absolute Gasteiger partial charge is 0.249 e. The molecule has 0 bridgehead atoms. The number of hydrogen-bond acceptors (Lipinski definition) is 7. The van der Waals surface area contributed by atoms with Gasteiger partial charge in [0.15, 0.2) is 5.82 Å². The van der Waals surface area contributed by atoms with E-state index >= 15 is 0 Å². The van der Waals surface area contributed by atoms with Crippen molar-refractivity contribution in [3.8, 4) is 17.3 Å². The van der Waals surface area contributed by atoms with Gasteiger partial charge in [0.25, 0.3) is 0 Å². The maximum atomic E-state index is 5.95. The molecule has 3 N–H and O–H groups in total. The zero-order valence-electron chi connectivity index (χ0n) is 13.7. The van der Waals surface area contributed by atoms with Crippen LogP contribution in [0.2, 0.25) is 0 Å². The van der Waals surface area contributed by atoms with Gasteiger partial charge < -0.3 is 20.5 Å². The molecule has 3 aromatic rings. The molecule has 0 radical (unpaired) electrons. The topological polar surface area (TPSA) is 100 Å². The monoisotopic (exact) mass is 452 g/mol. The van der Waals surface area contributed by atoms with Crippen LogP contribution in [-0.2, 0) is 4.43 Å². The summed E-state index contributed by atoms with van der Waals surface area (Å²) in [6.45, 7) is 0. The number of nitrogen functional groups attached to an aromatic ring is 1. The number of benzene rings is 1. The molecule has 0 aliphatic rings. The van der Waals surface area contributed by atoms with Crippen molar-refractivity contribution in [3.05, 3.63) is 42.1 Å². The largest absolute Gasteiger partial charge is 0.496 e. The van der Waals surface area contributed by atoms with Gasteiger partial charge in [-0.3, -0.25) is 0 Å². The van der Waals surface area contributed by atoms with Gasteiger partial charge in [-0.15, -0.1) is 5.10 Å². The van der Waals surface area contributed by atoms with Crippen LogP contribution in [0.5, 0.6) is 11.5 Å². The Labute approximate surface area is 158 Å². The van der Waals surface area contributed by atoms with Gasteiger partial charge in [-0.2, -0.15) is 9.67 Å². The molecule has 1 aromatic carbocycles. The van der Waals surface area contributed by atoms with Crippen LogP contribution in [0.1, 0.15) is 5.56 Å². The van der Waals surface area contributed by atoms with Gasteiger partial charge in [-0.25, -0.2) is 4.98 Å². The van der Waals surface area contributed by atoms with Crippen molar-refractivity contribution in [2.75, 3.05) is 25.3 Å². The Morgan fingerprint density at radius 3 is 2.64 bits per heavy atom. The van der Waals surface area contributed by atoms with Gasteiger partial charge in [-0.1, -0.05) is 28.7 Å². The van der Waals surface area contributed by atoms with E-state index in [0.717, 1.165) is 15.7 Å². The van der Waals surface area contributed by atoms with Crippen molar-refractivity contribution < 1.29 is 9.47 Å². The second kappa shape index (κ2) is 7.55. The summed E-state index contributed by atoms with van der Waals surface area (Å²) in [5.41, 5.74) is 7.68. The van der Waals surface area contributed by atoms with E-state index in [1.165, 1.54) is 4.68 Å². The molecule has 0 saturated heterocycles. The first-order valence-corrected chi connectivity index (χ1v) is 8.90. The maximum Gasteiger partial charge on any atom is 0.249 e. The number of aromatic nitrogens is 4. The number of pyridine rings is 1. The minimum Gasteiger partial charge on any atom is -0.496 e. The molecule has 0 saturated carbocycles. The minimum absolute atomic E-state index is 0.232. The van der Waals surface area contributed by atoms with Crippen molar-refractivity contribution in [2.24, 2.45) is 0 Å². The fraction of sp³-hybridized carbons (Fsp3) is 0.188. The number of halogens is 1. The number of alkyl halides is 1. The van der Waals surface area contributed by atoms with E-state index < -0.39 is 0 Å². The number of ether oxygens (including phenoxy) is 2. The van der Waals surface area contributed by atoms with Crippen LogP contribution in [0, 0.1) is 0 Å². The summed E-state index contributed by atoms with van der Waals surface area (Å²) in [6.07, 6.45) is 1.67. The van der Waals surface area contributed by atoms with E-state index in [0.29, 0.717) is 23.2 Å². The first-order chi connectivity index (χ1) is 12.2. The van der Waals surface area contributed by atoms with Gasteiger partial charge in [0, 0.05) is 22.3 Å². The summed E-state index contributed by atoms with van der Waals surface area (Å²) in [5.74, 6) is 2.59. The number of nitrogens with one attached hydrogen (secondary N) is 1. The number of anilines is 3. The number of hydrogen-bond donors (Lipinski definition) is 2. The van der Waals surface area contributed by atoms with E-state index in [-0.39, 0.29) is 5.95 Å². The molecule has 2 aromatic heterocycles. The van der Waals surface area contributed by atoms with Crippen molar-refractivity contribution in [3.63, 3.8) is 0 Å². The second-order valence-corrected chi connectivity index (χ2v) is 5.78. The lowest BCUT2D eigenvalue weighted by Gasteiger charge is -2.13. The summed E-state index contributed by atoms with van der Waals surface area (Å²) in [5, 5.41) is 7.48. The lowest BCUT2D eigenvalue weighted by atomic mass is 10.2. The van der Waals surface area contributed by atoms with Crippen LogP contribution in [0.25, 0.3) is 5.82 Å². The van der Waals surface area contributed by atoms with Crippen LogP contribution < -0.4 is 20.5 Å². The van der Waals surface area contributed by atoms with Crippen LogP contribution in [-0.4, -0.2) is 34.0 Å². The average Bonchev–Trinajstić information content (AvgIpc) is 3.02. The molecule has 0 atom stereocenters. The lowest BCUT2D eigenvalue weighted by Crippen LogP contribution is -2.04. The summed E-state index contributed by atoms with van der Waals surface area (Å²) in [7, 11) is 3.24. The fourth-order valence-electron chi connectivity index (χ4n) is 2.31. The SMILES string of the molecule is COc1cc(Nc2nc(N)n(-c3ccccn3)n2)c(OC)cc1CI. The molecular weight excluding hydrogens is 435 g/mol. The molecule has 0 aliphatic heterocycles. The molecule has 0 fully saturated rings. The summed E-state index contributed by atoms with van der Waals surface area (Å²) < 4.78 is 13.2. The lowest BCUT2D eigenvalue weighted by molar-refractivity contribution is 0.402. The van der Waals surface area contributed by atoms with E-state index in [9.17, 15) is 0 Å². The molecule has 2 heterocycles. The van der Waals surface area contributed by atoms with Crippen LogP contribution in [0.4, 0.5) is 17.6 Å². The van der Waals surface area contributed by atoms with E-state index in [4.69, 9.17) is 15.2 Å². The fourth-order valence-corrected chi connectivity index (χ4v) is 2.90. The molecular formula is C16H17IN6O2. The average molecular weight is 452 g/mol. The Bertz CT molecular complexity index is 869. The van der Waals surface area contributed by atoms with Gasteiger partial charge >= 0.3 is 0 Å². The molecule has 0 aliphatic carbocycles. The van der Waals surface area contributed by atoms with Gasteiger partial charge in [-0.05, 0) is 18.2 Å². The summed E-state index contributed by atoms with van der Waals surface area (Å²) in [4.78, 5) is 8.46. The Morgan fingerprint density at radius 1 is 1.20 bits per heavy atom. The predicted octanol–water partition coefficient (Wildman–Crippen LogP) is 2.94. The van der Waals surface area contributed by atoms with E-state index in [1.807, 2.05) is 24.3 Å². The highest BCUT2D eigenvalue weighted by molar-refractivity contribution is 14.1. The highest BCUT2D eigenvalue weighted by Crippen LogP contribution is 2.35. The van der Waals surface area contributed by atoms with Crippen LogP contribution >= 0.6 is 22.6 Å². The summed E-state index contributed by atoms with van der Waals surface area (Å²) in [6, 6.07) is 9.25. The molecule has 3 rings (SSSR count). The molecule has 0 amide bonds. The highest BCUT2D eigenvalue weighted by atomic mass is 127. The zero-order chi connectivity index (χ0) is 17.8. The Balaban J connectivity index is 1.95. The number of nitrogens with two attached hydrogens (primary N) is 1. The number of methoxy groups -OCH3 is 2. The van der Waals surface area contributed by atoms with E-state index in [2.05, 4.69) is 43.0 Å². The van der Waals surface area contributed by atoms with E-state index in [1.54, 1.807) is 26.5 Å². The first-order valence-electron chi connectivity index (χ1n) is 7.38. The van der Waals surface area contributed by atoms with Crippen molar-refractivity contribution in [1.29, 1.82) is 0 Å². The number of nitrogens with zero attached hydrogens (tertiary/aromatic N) is 4. The van der Waals surface area contributed by atoms with Gasteiger partial charge in [0.2, 0.25) is 11.9 Å². The van der Waals surface area contributed by atoms with Crippen LogP contribution in [0.15, 0.2) is 36.5 Å². The Morgan fingerprint density at radius 2 is 2.00 bits per heavy atom. The first kappa shape index (κ1) is 17.3. The maximum absolute atomic E-state index is 5.95. The molecule has 130 valence electrons. The zero-order valence-corrected chi connectivity index (χ0v) is 15.9. The summed E-state index contributed by atoms with van der Waals surface area (Å²) >= 11 is 2.28. The Hall–Kier alpha value is -2.56. The standard InChI is InChI=1S/C16H17IN6O2/c1-24-12-8-11(13(25-2)7-10(12)9-17)20-16-21-15(18)23(22-16)14-5-3-4-6-19-14/h3-8H,9H2,1-2H3,(H3,18,20,21,22). The highest BCUT2D eigenvalue weighted by Gasteiger charge is 2.14.